The zero-order valence-corrected chi connectivity index (χ0v) is 27.2. The number of ether oxygens (including phenoxy) is 3. The number of aliphatic hydroxyl groups excluding tert-OH is 1. The van der Waals surface area contributed by atoms with Crippen LogP contribution in [-0.2, 0) is 14.2 Å². The minimum Gasteiger partial charge on any atom is -0.459 e. The fraction of sp³-hybridized carbons (Fsp3) is 0.500. The van der Waals surface area contributed by atoms with Crippen LogP contribution in [0.3, 0.4) is 0 Å². The van der Waals surface area contributed by atoms with Crippen molar-refractivity contribution in [3.63, 3.8) is 0 Å². The van der Waals surface area contributed by atoms with E-state index in [1.165, 1.54) is 9.80 Å². The highest BCUT2D eigenvalue weighted by atomic mass is 35.5. The van der Waals surface area contributed by atoms with E-state index < -0.39 is 11.3 Å². The fourth-order valence-corrected chi connectivity index (χ4v) is 3.67. The van der Waals surface area contributed by atoms with Gasteiger partial charge in [-0.2, -0.15) is 0 Å². The van der Waals surface area contributed by atoms with Crippen LogP contribution in [0.25, 0.3) is 0 Å². The summed E-state index contributed by atoms with van der Waals surface area (Å²) in [5.41, 5.74) is 1.06. The summed E-state index contributed by atoms with van der Waals surface area (Å²) in [6.07, 6.45) is -0.276. The summed E-state index contributed by atoms with van der Waals surface area (Å²) in [6, 6.07) is 17.5. The second-order valence-corrected chi connectivity index (χ2v) is 10.2. The quantitative estimate of drug-likeness (QED) is 0.174. The molecule has 10 nitrogen and oxygen atoms in total. The highest BCUT2D eigenvalue weighted by Crippen LogP contribution is 2.12. The summed E-state index contributed by atoms with van der Waals surface area (Å²) in [5.74, 6) is -0.353. The van der Waals surface area contributed by atoms with E-state index in [0.29, 0.717) is 37.2 Å². The smallest absolute Gasteiger partial charge is 0.409 e. The summed E-state index contributed by atoms with van der Waals surface area (Å²) < 4.78 is 15.1. The van der Waals surface area contributed by atoms with Crippen LogP contribution >= 0.6 is 11.6 Å². The number of hydrogen-bond acceptors (Lipinski definition) is 8. The molecule has 0 fully saturated rings. The number of amides is 2. The van der Waals surface area contributed by atoms with Gasteiger partial charge in [-0.15, -0.1) is 0 Å². The number of nitrogens with zero attached hydrogens (tertiary/aromatic N) is 2. The summed E-state index contributed by atoms with van der Waals surface area (Å²) in [4.78, 5) is 48.1. The van der Waals surface area contributed by atoms with Gasteiger partial charge in [-0.25, -0.2) is 14.4 Å². The zero-order valence-electron chi connectivity index (χ0n) is 26.5. The molecule has 0 aliphatic carbocycles. The number of carbonyl (C=O) groups excluding carboxylic acids is 4. The molecule has 0 aliphatic rings. The zero-order chi connectivity index (χ0) is 32.9. The number of esters is 1. The molecule has 2 rings (SSSR count). The maximum atomic E-state index is 11.9. The van der Waals surface area contributed by atoms with Crippen LogP contribution in [0.5, 0.6) is 0 Å². The van der Waals surface area contributed by atoms with Gasteiger partial charge in [0.25, 0.3) is 5.24 Å². The molecule has 2 aromatic rings. The van der Waals surface area contributed by atoms with Crippen molar-refractivity contribution in [2.45, 2.75) is 78.7 Å². The number of aliphatic hydroxyl groups is 1. The van der Waals surface area contributed by atoms with Crippen LogP contribution in [0.4, 0.5) is 9.59 Å². The van der Waals surface area contributed by atoms with Crippen LogP contribution in [0, 0.1) is 0 Å². The van der Waals surface area contributed by atoms with Crippen LogP contribution in [0.2, 0.25) is 0 Å². The van der Waals surface area contributed by atoms with E-state index in [4.69, 9.17) is 30.9 Å². The predicted octanol–water partition coefficient (Wildman–Crippen LogP) is 6.40. The second kappa shape index (κ2) is 22.0. The molecular weight excluding hydrogens is 576 g/mol. The van der Waals surface area contributed by atoms with Crippen molar-refractivity contribution < 1.29 is 38.5 Å². The van der Waals surface area contributed by atoms with Crippen molar-refractivity contribution in [3.8, 4) is 0 Å². The molecule has 11 heteroatoms. The van der Waals surface area contributed by atoms with Gasteiger partial charge in [0, 0.05) is 38.2 Å². The molecule has 0 aromatic heterocycles. The van der Waals surface area contributed by atoms with Gasteiger partial charge in [-0.1, -0.05) is 48.5 Å². The molecule has 4 atom stereocenters. The van der Waals surface area contributed by atoms with Gasteiger partial charge >= 0.3 is 18.2 Å². The third-order valence-electron chi connectivity index (χ3n) is 6.11. The molecule has 4 unspecified atom stereocenters. The van der Waals surface area contributed by atoms with Crippen LogP contribution in [-0.4, -0.2) is 89.9 Å². The predicted molar refractivity (Wildman–Crippen MR) is 167 cm³/mol. The largest absolute Gasteiger partial charge is 0.459 e. The van der Waals surface area contributed by atoms with Crippen molar-refractivity contribution >= 4 is 35.0 Å². The Kier molecular flexibility index (Phi) is 20.1. The van der Waals surface area contributed by atoms with E-state index in [0.717, 1.165) is 0 Å². The summed E-state index contributed by atoms with van der Waals surface area (Å²) in [5, 5.41) is 8.70. The molecule has 2 aromatic carbocycles. The lowest BCUT2D eigenvalue weighted by Gasteiger charge is -2.26. The summed E-state index contributed by atoms with van der Waals surface area (Å²) in [6.45, 7) is 11.5. The Morgan fingerprint density at radius 1 is 0.721 bits per heavy atom. The molecule has 2 amide bonds. The lowest BCUT2D eigenvalue weighted by Crippen LogP contribution is -2.38. The third kappa shape index (κ3) is 17.2. The maximum absolute atomic E-state index is 11.9. The second-order valence-electron chi connectivity index (χ2n) is 9.86. The Balaban J connectivity index is 0.000000680. The lowest BCUT2D eigenvalue weighted by atomic mass is 10.1. The molecule has 0 saturated heterocycles. The van der Waals surface area contributed by atoms with Gasteiger partial charge in [-0.3, -0.25) is 4.79 Å². The third-order valence-corrected chi connectivity index (χ3v) is 6.33. The molecule has 1 N–H and O–H groups in total. The molecule has 0 bridgehead atoms. The average Bonchev–Trinajstić information content (AvgIpc) is 2.97. The van der Waals surface area contributed by atoms with Gasteiger partial charge in [0.1, 0.15) is 6.10 Å². The maximum Gasteiger partial charge on any atom is 0.409 e. The Hall–Kier alpha value is -3.63. The summed E-state index contributed by atoms with van der Waals surface area (Å²) >= 11 is 5.16. The number of carbonyl (C=O) groups is 4. The Morgan fingerprint density at radius 2 is 1.12 bits per heavy atom. The van der Waals surface area contributed by atoms with Gasteiger partial charge < -0.3 is 29.1 Å². The lowest BCUT2D eigenvalue weighted by molar-refractivity contribution is 0.0264. The Bertz CT molecular complexity index is 1090. The van der Waals surface area contributed by atoms with Gasteiger partial charge in [0.2, 0.25) is 0 Å². The minimum absolute atomic E-state index is 0.000880. The molecule has 0 spiro atoms. The number of benzene rings is 2. The van der Waals surface area contributed by atoms with Crippen molar-refractivity contribution in [2.24, 2.45) is 0 Å². The topological polar surface area (TPSA) is 123 Å². The van der Waals surface area contributed by atoms with E-state index in [9.17, 15) is 19.2 Å². The van der Waals surface area contributed by atoms with Crippen molar-refractivity contribution in [1.29, 1.82) is 0 Å². The van der Waals surface area contributed by atoms with Gasteiger partial charge in [0.05, 0.1) is 24.9 Å². The molecule has 0 radical (unpaired) electrons. The van der Waals surface area contributed by atoms with E-state index in [2.05, 4.69) is 0 Å². The standard InChI is InChI=1S/C16H23NO4.C9H19NO3.C7H5ClO/c1-5-20-16(19)17(4)12(2)11-13(3)21-15(18)14-9-7-6-8-10-14;1-5-13-9(12)10(4)7(2)6-8(3)11;8-7(9)6-4-2-1-3-5-6/h6-10,12-13H,5,11H2,1-4H3;7-8,11H,5-6H2,1-4H3;1-5H. The van der Waals surface area contributed by atoms with Gasteiger partial charge in [-0.05, 0) is 71.7 Å². The highest BCUT2D eigenvalue weighted by Gasteiger charge is 2.21. The fourth-order valence-electron chi connectivity index (χ4n) is 3.54. The number of halogens is 1. The Labute approximate surface area is 260 Å². The number of hydrogen-bond donors (Lipinski definition) is 1. The van der Waals surface area contributed by atoms with E-state index in [1.54, 1.807) is 83.4 Å². The Morgan fingerprint density at radius 3 is 1.47 bits per heavy atom. The van der Waals surface area contributed by atoms with E-state index in [-0.39, 0.29) is 36.3 Å². The molecule has 0 aliphatic heterocycles. The monoisotopic (exact) mass is 622 g/mol. The number of rotatable bonds is 11. The van der Waals surface area contributed by atoms with E-state index >= 15 is 0 Å². The van der Waals surface area contributed by atoms with Crippen LogP contribution < -0.4 is 0 Å². The van der Waals surface area contributed by atoms with Crippen molar-refractivity contribution in [2.75, 3.05) is 27.3 Å². The molecule has 0 saturated carbocycles. The average molecular weight is 623 g/mol. The first-order chi connectivity index (χ1) is 20.2. The first-order valence-corrected chi connectivity index (χ1v) is 14.6. The van der Waals surface area contributed by atoms with E-state index in [1.807, 2.05) is 32.9 Å². The van der Waals surface area contributed by atoms with Gasteiger partial charge in [0.15, 0.2) is 0 Å². The highest BCUT2D eigenvalue weighted by molar-refractivity contribution is 6.67. The minimum atomic E-state index is -0.407. The first kappa shape index (κ1) is 39.4. The summed E-state index contributed by atoms with van der Waals surface area (Å²) in [7, 11) is 3.35. The molecular formula is C32H47ClN2O8. The molecule has 0 heterocycles. The van der Waals surface area contributed by atoms with Crippen LogP contribution in [0.1, 0.15) is 75.1 Å². The molecule has 240 valence electrons. The van der Waals surface area contributed by atoms with Crippen LogP contribution in [0.15, 0.2) is 60.7 Å². The molecule has 43 heavy (non-hydrogen) atoms. The first-order valence-electron chi connectivity index (χ1n) is 14.2. The van der Waals surface area contributed by atoms with Crippen molar-refractivity contribution in [1.82, 2.24) is 9.80 Å². The normalized spacial score (nSPS) is 12.8. The SMILES string of the molecule is CCOC(=O)N(C)C(C)CC(C)O.CCOC(=O)N(C)C(C)CC(C)OC(=O)c1ccccc1.O=C(Cl)c1ccccc1. The van der Waals surface area contributed by atoms with Crippen molar-refractivity contribution in [3.05, 3.63) is 71.8 Å².